The second kappa shape index (κ2) is 4.56. The molecule has 0 aromatic heterocycles. The predicted octanol–water partition coefficient (Wildman–Crippen LogP) is 1.97. The monoisotopic (exact) mass is 303 g/mol. The van der Waals surface area contributed by atoms with Crippen molar-refractivity contribution in [3.63, 3.8) is 0 Å². The van der Waals surface area contributed by atoms with Gasteiger partial charge in [-0.3, -0.25) is 14.5 Å². The molecule has 0 amide bonds. The van der Waals surface area contributed by atoms with Gasteiger partial charge in [0, 0.05) is 19.6 Å². The maximum Gasteiger partial charge on any atom is 0.312 e. The van der Waals surface area contributed by atoms with Crippen molar-refractivity contribution in [3.05, 3.63) is 34.4 Å². The Balaban J connectivity index is 1.85. The number of rotatable bonds is 4. The molecule has 1 saturated heterocycles. The second-order valence-electron chi connectivity index (χ2n) is 6.97. The molecule has 0 bridgehead atoms. The standard InChI is InChI=1S/C17H21NO4/c1-10-4-11(2)13(12(3)5-10)6-18-8-16(14(19)20)7-17(16,9-18)15(21)22/h4-5H,6-9H2,1-3H3,(H,19,20)(H,21,22)/t16-,17+. The number of carbonyl (C=O) groups is 2. The maximum absolute atomic E-state index is 11.6. The van der Waals surface area contributed by atoms with Gasteiger partial charge in [-0.2, -0.15) is 0 Å². The first-order chi connectivity index (χ1) is 10.2. The first kappa shape index (κ1) is 15.0. The number of aliphatic carboxylic acids is 2. The molecule has 1 aromatic carbocycles. The van der Waals surface area contributed by atoms with E-state index in [1.807, 2.05) is 25.7 Å². The fourth-order valence-electron chi connectivity index (χ4n) is 4.20. The van der Waals surface area contributed by atoms with Crippen LogP contribution in [0.2, 0.25) is 0 Å². The van der Waals surface area contributed by atoms with Crippen molar-refractivity contribution in [2.24, 2.45) is 10.8 Å². The Morgan fingerprint density at radius 1 is 1.05 bits per heavy atom. The highest BCUT2D eigenvalue weighted by Gasteiger charge is 2.80. The molecule has 0 spiro atoms. The topological polar surface area (TPSA) is 77.8 Å². The molecule has 2 fully saturated rings. The minimum absolute atomic E-state index is 0.257. The van der Waals surface area contributed by atoms with Crippen LogP contribution in [0.15, 0.2) is 12.1 Å². The van der Waals surface area contributed by atoms with Crippen molar-refractivity contribution in [1.82, 2.24) is 4.90 Å². The van der Waals surface area contributed by atoms with Crippen molar-refractivity contribution in [3.8, 4) is 0 Å². The van der Waals surface area contributed by atoms with E-state index in [1.165, 1.54) is 22.3 Å². The fourth-order valence-corrected chi connectivity index (χ4v) is 4.20. The Bertz CT molecular complexity index is 632. The molecule has 2 atom stereocenters. The summed E-state index contributed by atoms with van der Waals surface area (Å²) in [6, 6.07) is 4.22. The molecule has 5 heteroatoms. The molecule has 1 aliphatic heterocycles. The van der Waals surface area contributed by atoms with Gasteiger partial charge in [0.2, 0.25) is 0 Å². The highest BCUT2D eigenvalue weighted by Crippen LogP contribution is 2.68. The smallest absolute Gasteiger partial charge is 0.312 e. The van der Waals surface area contributed by atoms with Gasteiger partial charge in [-0.15, -0.1) is 0 Å². The van der Waals surface area contributed by atoms with Gasteiger partial charge in [-0.05, 0) is 43.9 Å². The van der Waals surface area contributed by atoms with E-state index in [0.717, 1.165) is 0 Å². The van der Waals surface area contributed by atoms with Crippen molar-refractivity contribution in [2.45, 2.75) is 33.7 Å². The number of aryl methyl sites for hydroxylation is 3. The van der Waals surface area contributed by atoms with Crippen LogP contribution in [0.4, 0.5) is 0 Å². The molecule has 1 aromatic rings. The summed E-state index contributed by atoms with van der Waals surface area (Å²) in [5.74, 6) is -1.95. The number of piperidine rings is 1. The SMILES string of the molecule is Cc1cc(C)c(CN2C[C@@]3(C(=O)O)C[C@@]3(C(=O)O)C2)c(C)c1. The summed E-state index contributed by atoms with van der Waals surface area (Å²) in [5, 5.41) is 18.9. The van der Waals surface area contributed by atoms with Crippen molar-refractivity contribution in [2.75, 3.05) is 13.1 Å². The average molecular weight is 303 g/mol. The van der Waals surface area contributed by atoms with Crippen LogP contribution in [-0.2, 0) is 16.1 Å². The molecular formula is C17H21NO4. The number of hydrogen-bond donors (Lipinski definition) is 2. The summed E-state index contributed by atoms with van der Waals surface area (Å²) < 4.78 is 0. The average Bonchev–Trinajstić information content (AvgIpc) is 2.94. The van der Waals surface area contributed by atoms with Crippen LogP contribution < -0.4 is 0 Å². The zero-order chi connectivity index (χ0) is 16.3. The minimum atomic E-state index is -1.09. The highest BCUT2D eigenvalue weighted by molar-refractivity contribution is 5.94. The zero-order valence-electron chi connectivity index (χ0n) is 13.1. The van der Waals surface area contributed by atoms with Gasteiger partial charge >= 0.3 is 11.9 Å². The fraction of sp³-hybridized carbons (Fsp3) is 0.529. The number of likely N-dealkylation sites (tertiary alicyclic amines) is 1. The van der Waals surface area contributed by atoms with Gasteiger partial charge in [0.05, 0.1) is 10.8 Å². The third-order valence-electron chi connectivity index (χ3n) is 5.42. The number of benzene rings is 1. The Hall–Kier alpha value is -1.88. The first-order valence-electron chi connectivity index (χ1n) is 7.48. The molecule has 2 aliphatic rings. The number of carboxylic acids is 2. The highest BCUT2D eigenvalue weighted by atomic mass is 16.4. The minimum Gasteiger partial charge on any atom is -0.481 e. The lowest BCUT2D eigenvalue weighted by Crippen LogP contribution is -2.28. The molecule has 1 aliphatic carbocycles. The Morgan fingerprint density at radius 3 is 1.91 bits per heavy atom. The van der Waals surface area contributed by atoms with E-state index in [0.29, 0.717) is 19.6 Å². The van der Waals surface area contributed by atoms with E-state index in [2.05, 4.69) is 12.1 Å². The van der Waals surface area contributed by atoms with Gasteiger partial charge in [-0.25, -0.2) is 0 Å². The molecule has 3 rings (SSSR count). The third-order valence-corrected chi connectivity index (χ3v) is 5.42. The van der Waals surface area contributed by atoms with E-state index in [9.17, 15) is 19.8 Å². The van der Waals surface area contributed by atoms with Crippen molar-refractivity contribution >= 4 is 11.9 Å². The number of nitrogens with zero attached hydrogens (tertiary/aromatic N) is 1. The first-order valence-corrected chi connectivity index (χ1v) is 7.48. The lowest BCUT2D eigenvalue weighted by atomic mass is 9.97. The number of hydrogen-bond acceptors (Lipinski definition) is 3. The molecule has 0 radical (unpaired) electrons. The van der Waals surface area contributed by atoms with Gasteiger partial charge in [-0.1, -0.05) is 17.7 Å². The van der Waals surface area contributed by atoms with E-state index < -0.39 is 22.8 Å². The van der Waals surface area contributed by atoms with Gasteiger partial charge < -0.3 is 10.2 Å². The quantitative estimate of drug-likeness (QED) is 0.889. The van der Waals surface area contributed by atoms with Crippen LogP contribution in [-0.4, -0.2) is 40.1 Å². The molecule has 1 saturated carbocycles. The molecule has 22 heavy (non-hydrogen) atoms. The Kier molecular flexibility index (Phi) is 3.11. The van der Waals surface area contributed by atoms with Crippen LogP contribution in [0.25, 0.3) is 0 Å². The van der Waals surface area contributed by atoms with Crippen LogP contribution >= 0.6 is 0 Å². The number of fused-ring (bicyclic) bond motifs is 1. The van der Waals surface area contributed by atoms with Crippen molar-refractivity contribution < 1.29 is 19.8 Å². The Morgan fingerprint density at radius 2 is 1.50 bits per heavy atom. The van der Waals surface area contributed by atoms with Crippen LogP contribution in [0.5, 0.6) is 0 Å². The lowest BCUT2D eigenvalue weighted by Gasteiger charge is -2.22. The van der Waals surface area contributed by atoms with Crippen LogP contribution in [0, 0.1) is 31.6 Å². The van der Waals surface area contributed by atoms with Crippen LogP contribution in [0.1, 0.15) is 28.7 Å². The van der Waals surface area contributed by atoms with E-state index in [4.69, 9.17) is 0 Å². The van der Waals surface area contributed by atoms with E-state index >= 15 is 0 Å². The third kappa shape index (κ3) is 1.88. The summed E-state index contributed by atoms with van der Waals surface area (Å²) in [4.78, 5) is 25.1. The summed E-state index contributed by atoms with van der Waals surface area (Å²) >= 11 is 0. The van der Waals surface area contributed by atoms with E-state index in [-0.39, 0.29) is 6.42 Å². The second-order valence-corrected chi connectivity index (χ2v) is 6.97. The van der Waals surface area contributed by atoms with Gasteiger partial charge in [0.1, 0.15) is 0 Å². The molecular weight excluding hydrogens is 282 g/mol. The molecule has 2 N–H and O–H groups in total. The molecule has 0 unspecified atom stereocenters. The molecule has 5 nitrogen and oxygen atoms in total. The summed E-state index contributed by atoms with van der Waals surface area (Å²) in [6.07, 6.45) is 0.257. The van der Waals surface area contributed by atoms with Gasteiger partial charge in [0.15, 0.2) is 0 Å². The zero-order valence-corrected chi connectivity index (χ0v) is 13.1. The summed E-state index contributed by atoms with van der Waals surface area (Å²) in [7, 11) is 0. The molecule has 1 heterocycles. The normalized spacial score (nSPS) is 30.1. The van der Waals surface area contributed by atoms with Crippen LogP contribution in [0.3, 0.4) is 0 Å². The predicted molar refractivity (Wildman–Crippen MR) is 80.7 cm³/mol. The maximum atomic E-state index is 11.6. The summed E-state index contributed by atoms with van der Waals surface area (Å²) in [5.41, 5.74) is 2.54. The van der Waals surface area contributed by atoms with Crippen molar-refractivity contribution in [1.29, 1.82) is 0 Å². The summed E-state index contributed by atoms with van der Waals surface area (Å²) in [6.45, 7) is 7.40. The largest absolute Gasteiger partial charge is 0.481 e. The Labute approximate surface area is 129 Å². The molecule has 118 valence electrons. The van der Waals surface area contributed by atoms with Gasteiger partial charge in [0.25, 0.3) is 0 Å². The lowest BCUT2D eigenvalue weighted by molar-refractivity contribution is -0.151. The number of carboxylic acid groups (broad SMARTS) is 2. The van der Waals surface area contributed by atoms with E-state index in [1.54, 1.807) is 0 Å².